The zero-order valence-electron chi connectivity index (χ0n) is 10.0. The van der Waals surface area contributed by atoms with Crippen LogP contribution >= 0.6 is 0 Å². The highest BCUT2D eigenvalue weighted by molar-refractivity contribution is 5.89. The maximum Gasteiger partial charge on any atom is 0.384 e. The number of non-ortho nitro benzene ring substituents is 1. The summed E-state index contributed by atoms with van der Waals surface area (Å²) in [5.74, 6) is 4.33. The lowest BCUT2D eigenvalue weighted by molar-refractivity contribution is -0.384. The molecule has 94 valence electrons. The quantitative estimate of drug-likeness (QED) is 0.269. The number of carbonyl (C=O) groups is 1. The first-order chi connectivity index (χ1) is 8.63. The number of hydrogen-bond donors (Lipinski definition) is 0. The van der Waals surface area contributed by atoms with E-state index in [9.17, 15) is 14.9 Å². The molecule has 5 heteroatoms. The third kappa shape index (κ3) is 4.66. The number of unbranched alkanes of at least 4 members (excludes halogenated alkanes) is 1. The van der Waals surface area contributed by atoms with Gasteiger partial charge in [-0.05, 0) is 18.6 Å². The molecule has 0 spiro atoms. The number of nitro groups is 1. The van der Waals surface area contributed by atoms with Crippen molar-refractivity contribution in [2.75, 3.05) is 6.61 Å². The fourth-order valence-electron chi connectivity index (χ4n) is 1.13. The van der Waals surface area contributed by atoms with E-state index in [2.05, 4.69) is 11.8 Å². The van der Waals surface area contributed by atoms with Crippen LogP contribution in [0.4, 0.5) is 5.69 Å². The van der Waals surface area contributed by atoms with Gasteiger partial charge in [0.05, 0.1) is 11.5 Å². The average Bonchev–Trinajstić information content (AvgIpc) is 2.37. The lowest BCUT2D eigenvalue weighted by atomic mass is 10.2. The molecule has 0 radical (unpaired) electrons. The van der Waals surface area contributed by atoms with Gasteiger partial charge in [-0.15, -0.1) is 0 Å². The number of nitrogens with zero attached hydrogens (tertiary/aromatic N) is 1. The molecule has 0 bridgehead atoms. The van der Waals surface area contributed by atoms with Crippen LogP contribution in [-0.2, 0) is 9.53 Å². The van der Waals surface area contributed by atoms with E-state index in [0.717, 1.165) is 12.8 Å². The Labute approximate surface area is 105 Å². The lowest BCUT2D eigenvalue weighted by Gasteiger charge is -1.96. The van der Waals surface area contributed by atoms with Crippen molar-refractivity contribution >= 4 is 11.7 Å². The van der Waals surface area contributed by atoms with Crippen molar-refractivity contribution in [1.82, 2.24) is 0 Å². The van der Waals surface area contributed by atoms with E-state index in [-0.39, 0.29) is 5.69 Å². The summed E-state index contributed by atoms with van der Waals surface area (Å²) in [6, 6.07) is 5.66. The number of hydrogen-bond acceptors (Lipinski definition) is 4. The molecule has 0 unspecified atom stereocenters. The molecule has 0 heterocycles. The summed E-state index contributed by atoms with van der Waals surface area (Å²) >= 11 is 0. The zero-order valence-corrected chi connectivity index (χ0v) is 10.0. The number of benzene rings is 1. The first kappa shape index (κ1) is 13.7. The van der Waals surface area contributed by atoms with Gasteiger partial charge in [-0.2, -0.15) is 0 Å². The number of carbonyl (C=O) groups excluding carboxylic acids is 1. The number of esters is 1. The lowest BCUT2D eigenvalue weighted by Crippen LogP contribution is -2.02. The molecular formula is C13H13NO4. The third-order valence-electron chi connectivity index (χ3n) is 2.12. The van der Waals surface area contributed by atoms with E-state index < -0.39 is 10.9 Å². The Morgan fingerprint density at radius 2 is 2.06 bits per heavy atom. The van der Waals surface area contributed by atoms with Gasteiger partial charge in [0.25, 0.3) is 5.69 Å². The Balaban J connectivity index is 2.57. The molecule has 0 atom stereocenters. The molecule has 0 aliphatic rings. The standard InChI is InChI=1S/C13H13NO4/c1-2-3-10-18-13(15)9-6-11-4-7-12(8-5-11)14(16)17/h4-5,7-8H,2-3,10H2,1H3. The first-order valence-electron chi connectivity index (χ1n) is 5.56. The minimum atomic E-state index is -0.582. The number of ether oxygens (including phenoxy) is 1. The molecule has 0 saturated heterocycles. The van der Waals surface area contributed by atoms with Crippen LogP contribution < -0.4 is 0 Å². The Morgan fingerprint density at radius 1 is 1.39 bits per heavy atom. The monoisotopic (exact) mass is 247 g/mol. The molecule has 0 N–H and O–H groups in total. The fraction of sp³-hybridized carbons (Fsp3) is 0.308. The van der Waals surface area contributed by atoms with Gasteiger partial charge in [-0.25, -0.2) is 4.79 Å². The second kappa shape index (κ2) is 7.07. The minimum Gasteiger partial charge on any atom is -0.456 e. The van der Waals surface area contributed by atoms with Gasteiger partial charge < -0.3 is 4.74 Å². The molecule has 0 aromatic heterocycles. The van der Waals surface area contributed by atoms with Crippen LogP contribution in [-0.4, -0.2) is 17.5 Å². The van der Waals surface area contributed by atoms with Gasteiger partial charge >= 0.3 is 5.97 Å². The Morgan fingerprint density at radius 3 is 2.61 bits per heavy atom. The van der Waals surface area contributed by atoms with Crippen LogP contribution in [0.1, 0.15) is 25.3 Å². The molecule has 0 fully saturated rings. The second-order valence-corrected chi connectivity index (χ2v) is 3.54. The fourth-order valence-corrected chi connectivity index (χ4v) is 1.13. The summed E-state index contributed by atoms with van der Waals surface area (Å²) in [6.45, 7) is 2.36. The summed E-state index contributed by atoms with van der Waals surface area (Å²) in [4.78, 5) is 21.1. The van der Waals surface area contributed by atoms with Crippen molar-refractivity contribution in [3.63, 3.8) is 0 Å². The van der Waals surface area contributed by atoms with Crippen LogP contribution in [0.2, 0.25) is 0 Å². The van der Waals surface area contributed by atoms with Gasteiger partial charge in [0.15, 0.2) is 0 Å². The Kier molecular flexibility index (Phi) is 5.39. The van der Waals surface area contributed by atoms with Gasteiger partial charge in [0.2, 0.25) is 0 Å². The van der Waals surface area contributed by atoms with Crippen molar-refractivity contribution in [2.24, 2.45) is 0 Å². The van der Waals surface area contributed by atoms with E-state index in [1.807, 2.05) is 6.92 Å². The summed E-state index contributed by atoms with van der Waals surface area (Å²) in [7, 11) is 0. The first-order valence-corrected chi connectivity index (χ1v) is 5.56. The molecule has 1 aromatic carbocycles. The second-order valence-electron chi connectivity index (χ2n) is 3.54. The molecule has 5 nitrogen and oxygen atoms in total. The Hall–Kier alpha value is -2.35. The third-order valence-corrected chi connectivity index (χ3v) is 2.12. The topological polar surface area (TPSA) is 69.4 Å². The van der Waals surface area contributed by atoms with Crippen LogP contribution in [0, 0.1) is 22.0 Å². The van der Waals surface area contributed by atoms with Crippen molar-refractivity contribution in [2.45, 2.75) is 19.8 Å². The normalized spacial score (nSPS) is 9.17. The highest BCUT2D eigenvalue weighted by Crippen LogP contribution is 2.10. The van der Waals surface area contributed by atoms with E-state index in [1.165, 1.54) is 24.3 Å². The SMILES string of the molecule is CCCCOC(=O)C#Cc1ccc([N+](=O)[O-])cc1. The summed E-state index contributed by atoms with van der Waals surface area (Å²) < 4.78 is 4.85. The number of rotatable bonds is 4. The molecule has 0 aliphatic heterocycles. The van der Waals surface area contributed by atoms with Gasteiger partial charge in [-0.3, -0.25) is 10.1 Å². The summed E-state index contributed by atoms with van der Waals surface area (Å²) in [5.41, 5.74) is 0.527. The molecule has 0 saturated carbocycles. The Bertz CT molecular complexity index is 482. The molecule has 18 heavy (non-hydrogen) atoms. The van der Waals surface area contributed by atoms with Crippen molar-refractivity contribution in [3.8, 4) is 11.8 Å². The van der Waals surface area contributed by atoms with Gasteiger partial charge in [0.1, 0.15) is 0 Å². The van der Waals surface area contributed by atoms with Crippen LogP contribution in [0.15, 0.2) is 24.3 Å². The molecule has 1 rings (SSSR count). The average molecular weight is 247 g/mol. The smallest absolute Gasteiger partial charge is 0.384 e. The summed E-state index contributed by atoms with van der Waals surface area (Å²) in [6.07, 6.45) is 1.76. The molecule has 0 aliphatic carbocycles. The van der Waals surface area contributed by atoms with E-state index in [4.69, 9.17) is 4.74 Å². The molecule has 1 aromatic rings. The highest BCUT2D eigenvalue weighted by atomic mass is 16.6. The van der Waals surface area contributed by atoms with Crippen molar-refractivity contribution < 1.29 is 14.5 Å². The van der Waals surface area contributed by atoms with Crippen LogP contribution in [0.5, 0.6) is 0 Å². The highest BCUT2D eigenvalue weighted by Gasteiger charge is 2.02. The maximum absolute atomic E-state index is 11.2. The van der Waals surface area contributed by atoms with E-state index in [0.29, 0.717) is 12.2 Å². The maximum atomic E-state index is 11.2. The predicted molar refractivity (Wildman–Crippen MR) is 65.8 cm³/mol. The number of nitro benzene ring substituents is 1. The summed E-state index contributed by atoms with van der Waals surface area (Å²) in [5, 5.41) is 10.4. The van der Waals surface area contributed by atoms with Crippen LogP contribution in [0.25, 0.3) is 0 Å². The predicted octanol–water partition coefficient (Wildman–Crippen LogP) is 2.29. The van der Waals surface area contributed by atoms with Crippen LogP contribution in [0.3, 0.4) is 0 Å². The zero-order chi connectivity index (χ0) is 13.4. The molecule has 0 amide bonds. The molecular weight excluding hydrogens is 234 g/mol. The van der Waals surface area contributed by atoms with Gasteiger partial charge in [-0.1, -0.05) is 19.3 Å². The van der Waals surface area contributed by atoms with Crippen molar-refractivity contribution in [1.29, 1.82) is 0 Å². The van der Waals surface area contributed by atoms with E-state index in [1.54, 1.807) is 0 Å². The minimum absolute atomic E-state index is 0.00827. The van der Waals surface area contributed by atoms with Crippen molar-refractivity contribution in [3.05, 3.63) is 39.9 Å². The van der Waals surface area contributed by atoms with E-state index >= 15 is 0 Å². The van der Waals surface area contributed by atoms with Gasteiger partial charge in [0, 0.05) is 23.6 Å². The largest absolute Gasteiger partial charge is 0.456 e.